The quantitative estimate of drug-likeness (QED) is 0.823. The summed E-state index contributed by atoms with van der Waals surface area (Å²) in [7, 11) is 0. The highest BCUT2D eigenvalue weighted by Crippen LogP contribution is 2.37. The Labute approximate surface area is 125 Å². The van der Waals surface area contributed by atoms with Gasteiger partial charge in [0.05, 0.1) is 18.4 Å². The van der Waals surface area contributed by atoms with Gasteiger partial charge in [-0.3, -0.25) is 9.36 Å². The molecule has 21 heavy (non-hydrogen) atoms. The smallest absolute Gasteiger partial charge is 0.313 e. The van der Waals surface area contributed by atoms with Gasteiger partial charge in [0.1, 0.15) is 5.75 Å². The van der Waals surface area contributed by atoms with Crippen LogP contribution in [-0.2, 0) is 4.79 Å². The second-order valence-corrected chi connectivity index (χ2v) is 5.53. The molecule has 0 bridgehead atoms. The van der Waals surface area contributed by atoms with Crippen molar-refractivity contribution < 1.29 is 14.6 Å². The minimum Gasteiger partial charge on any atom is -0.493 e. The molecule has 1 unspecified atom stereocenters. The number of ether oxygens (including phenoxy) is 1. The van der Waals surface area contributed by atoms with Crippen LogP contribution in [0.25, 0.3) is 0 Å². The predicted molar refractivity (Wildman–Crippen MR) is 77.5 cm³/mol. The molecule has 0 saturated carbocycles. The van der Waals surface area contributed by atoms with E-state index in [1.165, 1.54) is 0 Å². The first-order chi connectivity index (χ1) is 10.2. The molecule has 0 radical (unpaired) electrons. The van der Waals surface area contributed by atoms with Gasteiger partial charge >= 0.3 is 5.97 Å². The molecule has 0 spiro atoms. The van der Waals surface area contributed by atoms with Crippen molar-refractivity contribution in [3.8, 4) is 5.75 Å². The molecular weight excluding hydrogens is 292 g/mol. The Hall–Kier alpha value is -2.22. The van der Waals surface area contributed by atoms with E-state index in [4.69, 9.17) is 15.6 Å². The summed E-state index contributed by atoms with van der Waals surface area (Å²) in [5.41, 5.74) is 6.93. The normalized spacial score (nSPS) is 17.0. The van der Waals surface area contributed by atoms with Crippen molar-refractivity contribution in [2.45, 2.75) is 17.6 Å². The van der Waals surface area contributed by atoms with Gasteiger partial charge in [0.25, 0.3) is 0 Å². The van der Waals surface area contributed by atoms with Gasteiger partial charge in [-0.2, -0.15) is 0 Å². The van der Waals surface area contributed by atoms with Crippen molar-refractivity contribution in [2.75, 3.05) is 18.1 Å². The molecular formula is C13H14N4O3S. The number of nitrogens with two attached hydrogens (primary N) is 1. The van der Waals surface area contributed by atoms with Gasteiger partial charge in [-0.25, -0.2) is 0 Å². The predicted octanol–water partition coefficient (Wildman–Crippen LogP) is 1.41. The molecule has 1 aliphatic heterocycles. The van der Waals surface area contributed by atoms with Crippen molar-refractivity contribution in [1.29, 1.82) is 0 Å². The number of benzene rings is 1. The monoisotopic (exact) mass is 306 g/mol. The molecule has 0 amide bonds. The van der Waals surface area contributed by atoms with E-state index in [1.807, 2.05) is 24.3 Å². The number of anilines is 1. The van der Waals surface area contributed by atoms with E-state index in [-0.39, 0.29) is 17.7 Å². The van der Waals surface area contributed by atoms with Crippen molar-refractivity contribution in [3.63, 3.8) is 0 Å². The first-order valence-corrected chi connectivity index (χ1v) is 7.42. The van der Waals surface area contributed by atoms with E-state index >= 15 is 0 Å². The van der Waals surface area contributed by atoms with Crippen LogP contribution in [0.2, 0.25) is 0 Å². The molecule has 2 aromatic rings. The second-order valence-electron chi connectivity index (χ2n) is 4.58. The number of carboxylic acid groups (broad SMARTS) is 1. The highest BCUT2D eigenvalue weighted by Gasteiger charge is 2.27. The average Bonchev–Trinajstić information content (AvgIpc) is 2.85. The van der Waals surface area contributed by atoms with Gasteiger partial charge in [0.2, 0.25) is 5.95 Å². The van der Waals surface area contributed by atoms with Gasteiger partial charge in [0.15, 0.2) is 5.16 Å². The largest absolute Gasteiger partial charge is 0.493 e. The number of hydrogen-bond donors (Lipinski definition) is 2. The summed E-state index contributed by atoms with van der Waals surface area (Å²) in [5, 5.41) is 17.2. The summed E-state index contributed by atoms with van der Waals surface area (Å²) >= 11 is 1.11. The number of hydrogen-bond acceptors (Lipinski definition) is 6. The van der Waals surface area contributed by atoms with E-state index in [9.17, 15) is 4.79 Å². The van der Waals surface area contributed by atoms with Gasteiger partial charge in [0, 0.05) is 12.0 Å². The zero-order valence-corrected chi connectivity index (χ0v) is 11.9. The maximum absolute atomic E-state index is 10.7. The summed E-state index contributed by atoms with van der Waals surface area (Å²) in [4.78, 5) is 10.7. The number of nitrogen functional groups attached to an aromatic ring is 1. The van der Waals surface area contributed by atoms with Crippen LogP contribution in [0.4, 0.5) is 5.95 Å². The number of thioether (sulfide) groups is 1. The van der Waals surface area contributed by atoms with Crippen molar-refractivity contribution in [2.24, 2.45) is 0 Å². The Morgan fingerprint density at radius 2 is 2.29 bits per heavy atom. The fourth-order valence-electron chi connectivity index (χ4n) is 2.40. The van der Waals surface area contributed by atoms with Crippen LogP contribution >= 0.6 is 11.8 Å². The summed E-state index contributed by atoms with van der Waals surface area (Å²) in [5.74, 6) is 0.115. The lowest BCUT2D eigenvalue weighted by Crippen LogP contribution is -2.22. The number of carboxylic acids is 1. The molecule has 3 N–H and O–H groups in total. The van der Waals surface area contributed by atoms with Crippen LogP contribution in [0.15, 0.2) is 29.4 Å². The van der Waals surface area contributed by atoms with Crippen LogP contribution < -0.4 is 10.5 Å². The molecule has 0 fully saturated rings. The SMILES string of the molecule is Nc1nnc(SCC(=O)O)n1C1CCOc2ccccc21. The lowest BCUT2D eigenvalue weighted by Gasteiger charge is -2.27. The van der Waals surface area contributed by atoms with Crippen LogP contribution in [-0.4, -0.2) is 38.2 Å². The number of para-hydroxylation sites is 1. The van der Waals surface area contributed by atoms with Crippen molar-refractivity contribution in [3.05, 3.63) is 29.8 Å². The third-order valence-electron chi connectivity index (χ3n) is 3.25. The zero-order chi connectivity index (χ0) is 14.8. The first kappa shape index (κ1) is 13.7. The first-order valence-electron chi connectivity index (χ1n) is 6.43. The number of aliphatic carboxylic acids is 1. The maximum Gasteiger partial charge on any atom is 0.313 e. The van der Waals surface area contributed by atoms with E-state index in [1.54, 1.807) is 4.57 Å². The number of nitrogens with zero attached hydrogens (tertiary/aromatic N) is 3. The molecule has 1 aliphatic rings. The molecule has 7 nitrogen and oxygen atoms in total. The van der Waals surface area contributed by atoms with Crippen molar-refractivity contribution in [1.82, 2.24) is 14.8 Å². The van der Waals surface area contributed by atoms with Gasteiger partial charge < -0.3 is 15.6 Å². The highest BCUT2D eigenvalue weighted by molar-refractivity contribution is 7.99. The van der Waals surface area contributed by atoms with Gasteiger partial charge in [-0.05, 0) is 6.07 Å². The molecule has 1 aromatic carbocycles. The minimum absolute atomic E-state index is 0.0405. The van der Waals surface area contributed by atoms with Crippen LogP contribution in [0.1, 0.15) is 18.0 Å². The minimum atomic E-state index is -0.902. The Balaban J connectivity index is 1.98. The topological polar surface area (TPSA) is 103 Å². The number of carbonyl (C=O) groups is 1. The van der Waals surface area contributed by atoms with E-state index < -0.39 is 5.97 Å². The molecule has 0 saturated heterocycles. The Morgan fingerprint density at radius 3 is 3.10 bits per heavy atom. The number of rotatable bonds is 4. The Kier molecular flexibility index (Phi) is 3.70. The molecule has 1 atom stereocenters. The van der Waals surface area contributed by atoms with Crippen LogP contribution in [0.3, 0.4) is 0 Å². The molecule has 8 heteroatoms. The lowest BCUT2D eigenvalue weighted by molar-refractivity contribution is -0.133. The third kappa shape index (κ3) is 2.66. The van der Waals surface area contributed by atoms with Crippen LogP contribution in [0, 0.1) is 0 Å². The van der Waals surface area contributed by atoms with Crippen molar-refractivity contribution >= 4 is 23.7 Å². The molecule has 1 aromatic heterocycles. The lowest BCUT2D eigenvalue weighted by atomic mass is 10.0. The summed E-state index contributed by atoms with van der Waals surface area (Å²) in [6.45, 7) is 0.572. The fraction of sp³-hybridized carbons (Fsp3) is 0.308. The summed E-state index contributed by atoms with van der Waals surface area (Å²) < 4.78 is 7.42. The standard InChI is InChI=1S/C13H14N4O3S/c14-12-15-16-13(21-7-11(18)19)17(12)9-5-6-20-10-4-2-1-3-8(9)10/h1-4,9H,5-7H2,(H2,14,15)(H,18,19). The van der Waals surface area contributed by atoms with E-state index in [2.05, 4.69) is 10.2 Å². The third-order valence-corrected chi connectivity index (χ3v) is 4.18. The molecule has 3 rings (SSSR count). The summed E-state index contributed by atoms with van der Waals surface area (Å²) in [6.07, 6.45) is 0.736. The maximum atomic E-state index is 10.7. The zero-order valence-electron chi connectivity index (χ0n) is 11.1. The Morgan fingerprint density at radius 1 is 1.48 bits per heavy atom. The van der Waals surface area contributed by atoms with E-state index in [0.717, 1.165) is 29.5 Å². The Bertz CT molecular complexity index is 673. The second kappa shape index (κ2) is 5.65. The fourth-order valence-corrected chi connectivity index (χ4v) is 3.11. The highest BCUT2D eigenvalue weighted by atomic mass is 32.2. The molecule has 110 valence electrons. The number of aromatic nitrogens is 3. The number of fused-ring (bicyclic) bond motifs is 1. The average molecular weight is 306 g/mol. The molecule has 2 heterocycles. The molecule has 0 aliphatic carbocycles. The van der Waals surface area contributed by atoms with Gasteiger partial charge in [-0.1, -0.05) is 30.0 Å². The van der Waals surface area contributed by atoms with E-state index in [0.29, 0.717) is 11.8 Å². The van der Waals surface area contributed by atoms with Crippen LogP contribution in [0.5, 0.6) is 5.75 Å². The summed E-state index contributed by atoms with van der Waals surface area (Å²) in [6, 6.07) is 7.69. The van der Waals surface area contributed by atoms with Gasteiger partial charge in [-0.15, -0.1) is 10.2 Å².